The molecule has 1 amide bonds. The summed E-state index contributed by atoms with van der Waals surface area (Å²) in [5, 5.41) is 18.0. The highest BCUT2D eigenvalue weighted by Gasteiger charge is 2.19. The maximum atomic E-state index is 12.6. The van der Waals surface area contributed by atoms with E-state index in [2.05, 4.69) is 57.3 Å². The molecule has 6 nitrogen and oxygen atoms in total. The van der Waals surface area contributed by atoms with Crippen molar-refractivity contribution in [3.63, 3.8) is 0 Å². The van der Waals surface area contributed by atoms with Crippen LogP contribution in [0.5, 0.6) is 0 Å². The van der Waals surface area contributed by atoms with Crippen molar-refractivity contribution in [1.29, 1.82) is 0 Å². The van der Waals surface area contributed by atoms with Gasteiger partial charge >= 0.3 is 0 Å². The number of hydrogen-bond acceptors (Lipinski definition) is 7. The standard InChI is InChI=1S/C23H23Cl2N5OS3/c1-4-5-16-8-14(10-32-16)21-28-29-23(30(21)13(2)3)34-12-20(31)27-22-26-19(11-33-22)17-7-6-15(24)9-18(17)25/h6-11,13H,4-5,12H2,1-3H3,(H,26,27,31). The molecule has 3 aromatic heterocycles. The molecule has 0 fully saturated rings. The van der Waals surface area contributed by atoms with Crippen LogP contribution in [0.25, 0.3) is 22.6 Å². The van der Waals surface area contributed by atoms with Gasteiger partial charge in [-0.15, -0.1) is 32.9 Å². The Morgan fingerprint density at radius 3 is 2.74 bits per heavy atom. The molecular weight excluding hydrogens is 529 g/mol. The van der Waals surface area contributed by atoms with Crippen LogP contribution < -0.4 is 5.32 Å². The lowest BCUT2D eigenvalue weighted by Gasteiger charge is -2.13. The molecule has 1 N–H and O–H groups in total. The fraction of sp³-hybridized carbons (Fsp3) is 0.304. The van der Waals surface area contributed by atoms with E-state index in [0.29, 0.717) is 20.9 Å². The van der Waals surface area contributed by atoms with Crippen molar-refractivity contribution in [3.05, 3.63) is 49.9 Å². The van der Waals surface area contributed by atoms with Gasteiger partial charge in [-0.3, -0.25) is 9.36 Å². The van der Waals surface area contributed by atoms with Gasteiger partial charge in [0.15, 0.2) is 16.1 Å². The largest absolute Gasteiger partial charge is 0.301 e. The summed E-state index contributed by atoms with van der Waals surface area (Å²) in [5.41, 5.74) is 2.53. The van der Waals surface area contributed by atoms with E-state index in [1.807, 2.05) is 11.4 Å². The Morgan fingerprint density at radius 2 is 2.00 bits per heavy atom. The van der Waals surface area contributed by atoms with E-state index in [1.165, 1.54) is 28.0 Å². The first-order valence-electron chi connectivity index (χ1n) is 10.7. The Morgan fingerprint density at radius 1 is 1.18 bits per heavy atom. The summed E-state index contributed by atoms with van der Waals surface area (Å²) in [5.74, 6) is 0.876. The number of nitrogens with zero attached hydrogens (tertiary/aromatic N) is 4. The minimum absolute atomic E-state index is 0.159. The Kier molecular flexibility index (Phi) is 8.31. The van der Waals surface area contributed by atoms with Gasteiger partial charge in [-0.1, -0.05) is 48.3 Å². The molecule has 1 aromatic carbocycles. The maximum absolute atomic E-state index is 12.6. The van der Waals surface area contributed by atoms with Crippen molar-refractivity contribution >= 4 is 68.7 Å². The normalized spacial score (nSPS) is 11.4. The first kappa shape index (κ1) is 25.2. The third kappa shape index (κ3) is 5.83. The monoisotopic (exact) mass is 551 g/mol. The summed E-state index contributed by atoms with van der Waals surface area (Å²) in [7, 11) is 0. The molecule has 0 radical (unpaired) electrons. The number of aryl methyl sites for hydroxylation is 1. The topological polar surface area (TPSA) is 72.7 Å². The molecule has 4 rings (SSSR count). The van der Waals surface area contributed by atoms with E-state index in [4.69, 9.17) is 23.2 Å². The number of thiazole rings is 1. The predicted octanol–water partition coefficient (Wildman–Crippen LogP) is 7.70. The van der Waals surface area contributed by atoms with E-state index >= 15 is 0 Å². The van der Waals surface area contributed by atoms with Gasteiger partial charge in [0.25, 0.3) is 0 Å². The summed E-state index contributed by atoms with van der Waals surface area (Å²) >= 11 is 16.7. The lowest BCUT2D eigenvalue weighted by atomic mass is 10.2. The van der Waals surface area contributed by atoms with E-state index < -0.39 is 0 Å². The van der Waals surface area contributed by atoms with Crippen LogP contribution in [0.3, 0.4) is 0 Å². The fourth-order valence-corrected chi connectivity index (χ4v) is 6.42. The Bertz CT molecular complexity index is 1300. The predicted molar refractivity (Wildman–Crippen MR) is 145 cm³/mol. The van der Waals surface area contributed by atoms with Crippen LogP contribution in [-0.2, 0) is 11.2 Å². The highest BCUT2D eigenvalue weighted by Crippen LogP contribution is 2.33. The van der Waals surface area contributed by atoms with Crippen LogP contribution in [0.15, 0.2) is 40.2 Å². The lowest BCUT2D eigenvalue weighted by molar-refractivity contribution is -0.113. The number of carbonyl (C=O) groups is 1. The molecule has 3 heterocycles. The fourth-order valence-electron chi connectivity index (χ4n) is 3.35. The van der Waals surface area contributed by atoms with Crippen molar-refractivity contribution in [2.24, 2.45) is 0 Å². The third-order valence-electron chi connectivity index (χ3n) is 4.88. The summed E-state index contributed by atoms with van der Waals surface area (Å²) in [6, 6.07) is 7.60. The molecule has 0 aliphatic carbocycles. The van der Waals surface area contributed by atoms with Gasteiger partial charge in [0, 0.05) is 37.8 Å². The van der Waals surface area contributed by atoms with E-state index in [9.17, 15) is 4.79 Å². The van der Waals surface area contributed by atoms with Crippen LogP contribution in [0, 0.1) is 0 Å². The van der Waals surface area contributed by atoms with Gasteiger partial charge in [-0.05, 0) is 44.5 Å². The van der Waals surface area contributed by atoms with Crippen molar-refractivity contribution in [3.8, 4) is 22.6 Å². The van der Waals surface area contributed by atoms with Crippen LogP contribution in [-0.4, -0.2) is 31.4 Å². The van der Waals surface area contributed by atoms with Gasteiger partial charge in [0.1, 0.15) is 0 Å². The zero-order valence-electron chi connectivity index (χ0n) is 18.8. The third-order valence-corrected chi connectivity index (χ3v) is 8.12. The number of carbonyl (C=O) groups excluding carboxylic acids is 1. The molecule has 4 aromatic rings. The first-order valence-corrected chi connectivity index (χ1v) is 14.2. The number of thiophene rings is 1. The van der Waals surface area contributed by atoms with Crippen molar-refractivity contribution in [2.75, 3.05) is 11.1 Å². The molecule has 0 atom stereocenters. The number of halogens is 2. The molecule has 0 bridgehead atoms. The Hall–Kier alpha value is -1.91. The van der Waals surface area contributed by atoms with Gasteiger partial charge in [-0.2, -0.15) is 0 Å². The van der Waals surface area contributed by atoms with Crippen LogP contribution in [0.4, 0.5) is 5.13 Å². The van der Waals surface area contributed by atoms with Crippen molar-refractivity contribution < 1.29 is 4.79 Å². The Balaban J connectivity index is 1.42. The number of benzene rings is 1. The second-order valence-electron chi connectivity index (χ2n) is 7.82. The first-order chi connectivity index (χ1) is 16.4. The molecule has 11 heteroatoms. The maximum Gasteiger partial charge on any atom is 0.236 e. The average Bonchev–Trinajstić information content (AvgIpc) is 3.52. The quantitative estimate of drug-likeness (QED) is 0.216. The highest BCUT2D eigenvalue weighted by atomic mass is 35.5. The zero-order chi connectivity index (χ0) is 24.2. The Labute approximate surface area is 220 Å². The van der Waals surface area contributed by atoms with Gasteiger partial charge in [0.05, 0.1) is 16.5 Å². The summed E-state index contributed by atoms with van der Waals surface area (Å²) in [4.78, 5) is 18.4. The number of amides is 1. The number of thioether (sulfide) groups is 1. The van der Waals surface area contributed by atoms with E-state index in [1.54, 1.807) is 23.5 Å². The highest BCUT2D eigenvalue weighted by molar-refractivity contribution is 7.99. The average molecular weight is 553 g/mol. The number of rotatable bonds is 9. The molecule has 0 saturated carbocycles. The SMILES string of the molecule is CCCc1cc(-c2nnc(SCC(=O)Nc3nc(-c4ccc(Cl)cc4Cl)cs3)n2C(C)C)cs1. The second kappa shape index (κ2) is 11.2. The van der Waals surface area contributed by atoms with E-state index in [0.717, 1.165) is 34.9 Å². The lowest BCUT2D eigenvalue weighted by Crippen LogP contribution is -2.15. The number of anilines is 1. The minimum Gasteiger partial charge on any atom is -0.301 e. The van der Waals surface area contributed by atoms with Crippen LogP contribution >= 0.6 is 57.6 Å². The smallest absolute Gasteiger partial charge is 0.236 e. The van der Waals surface area contributed by atoms with Crippen LogP contribution in [0.2, 0.25) is 10.0 Å². The molecule has 34 heavy (non-hydrogen) atoms. The molecule has 0 aliphatic heterocycles. The zero-order valence-corrected chi connectivity index (χ0v) is 22.8. The summed E-state index contributed by atoms with van der Waals surface area (Å²) in [6.45, 7) is 6.36. The molecular formula is C23H23Cl2N5OS3. The minimum atomic E-state index is -0.159. The number of nitrogens with one attached hydrogen (secondary N) is 1. The summed E-state index contributed by atoms with van der Waals surface area (Å²) < 4.78 is 2.08. The van der Waals surface area contributed by atoms with E-state index in [-0.39, 0.29) is 17.7 Å². The second-order valence-corrected chi connectivity index (χ2v) is 11.5. The van der Waals surface area contributed by atoms with Gasteiger partial charge in [0.2, 0.25) is 5.91 Å². The molecule has 0 unspecified atom stereocenters. The molecule has 178 valence electrons. The number of aromatic nitrogens is 4. The van der Waals surface area contributed by atoms with Crippen LogP contribution in [0.1, 0.15) is 38.1 Å². The number of hydrogen-bond donors (Lipinski definition) is 1. The van der Waals surface area contributed by atoms with Gasteiger partial charge in [-0.25, -0.2) is 4.98 Å². The molecule has 0 spiro atoms. The van der Waals surface area contributed by atoms with Crippen molar-refractivity contribution in [1.82, 2.24) is 19.7 Å². The van der Waals surface area contributed by atoms with Crippen molar-refractivity contribution in [2.45, 2.75) is 44.8 Å². The molecule has 0 saturated heterocycles. The van der Waals surface area contributed by atoms with Gasteiger partial charge < -0.3 is 5.32 Å². The molecule has 0 aliphatic rings. The summed E-state index contributed by atoms with van der Waals surface area (Å²) in [6.07, 6.45) is 2.17.